The van der Waals surface area contributed by atoms with Crippen molar-refractivity contribution in [2.45, 2.75) is 12.3 Å². The molecule has 0 N–H and O–H groups in total. The van der Waals surface area contributed by atoms with E-state index in [0.29, 0.717) is 5.56 Å². The van der Waals surface area contributed by atoms with Crippen molar-refractivity contribution in [1.82, 2.24) is 0 Å². The monoisotopic (exact) mass is 392 g/mol. The molecule has 0 fully saturated rings. The third-order valence-corrected chi connectivity index (χ3v) is 1.22. The summed E-state index contributed by atoms with van der Waals surface area (Å²) in [6, 6.07) is 9.37. The zero-order chi connectivity index (χ0) is 8.32. The first-order valence-electron chi connectivity index (χ1n) is 3.27. The molecular weight excluding hydrogens is 384 g/mol. The summed E-state index contributed by atoms with van der Waals surface area (Å²) in [5.74, 6) is -2.88. The average Bonchev–Trinajstić information content (AvgIpc) is 1.85. The Morgan fingerprint density at radius 1 is 1.42 bits per heavy atom. The van der Waals surface area contributed by atoms with Crippen LogP contribution in [0.1, 0.15) is 5.56 Å². The van der Waals surface area contributed by atoms with Crippen molar-refractivity contribution in [1.29, 1.82) is 0 Å². The molecule has 0 amide bonds. The summed E-state index contributed by atoms with van der Waals surface area (Å²) in [6.45, 7) is 2.71. The molecule has 1 aromatic carbocycles. The first kappa shape index (κ1) is 12.1. The van der Waals surface area contributed by atoms with Gasteiger partial charge in [-0.3, -0.25) is 6.92 Å². The van der Waals surface area contributed by atoms with E-state index in [-0.39, 0.29) is 37.5 Å². The SMILES string of the molecule is [CH2-]C(F)(F)Cc1[c-]cccc1.[U+2]. The predicted octanol–water partition coefficient (Wildman–Crippen LogP) is 2.50. The van der Waals surface area contributed by atoms with Crippen molar-refractivity contribution in [3.05, 3.63) is 42.8 Å². The number of hydrogen-bond acceptors (Lipinski definition) is 0. The molecule has 1 rings (SSSR count). The van der Waals surface area contributed by atoms with Crippen molar-refractivity contribution in [2.24, 2.45) is 0 Å². The van der Waals surface area contributed by atoms with E-state index in [1.807, 2.05) is 0 Å². The van der Waals surface area contributed by atoms with Crippen LogP contribution in [0.25, 0.3) is 0 Å². The largest absolute Gasteiger partial charge is 2.00 e. The Balaban J connectivity index is 0.00000121. The van der Waals surface area contributed by atoms with Crippen LogP contribution in [-0.2, 0) is 6.42 Å². The molecule has 12 heavy (non-hydrogen) atoms. The standard InChI is InChI=1S/C9H8F2.U/c1-9(10,11)7-8-5-3-2-4-6-8;/h2-5H,1,7H2;/q-2;+2. The fourth-order valence-electron chi connectivity index (χ4n) is 0.819. The number of rotatable bonds is 2. The Bertz CT molecular complexity index is 216. The number of halogens is 2. The molecule has 0 spiro atoms. The van der Waals surface area contributed by atoms with Crippen LogP contribution in [-0.4, -0.2) is 5.92 Å². The Kier molecular flexibility index (Phi) is 5.05. The maximum Gasteiger partial charge on any atom is 2.00 e. The Morgan fingerprint density at radius 3 is 2.50 bits per heavy atom. The van der Waals surface area contributed by atoms with Crippen LogP contribution in [0.2, 0.25) is 0 Å². The van der Waals surface area contributed by atoms with Gasteiger partial charge in [0.05, 0.1) is 0 Å². The van der Waals surface area contributed by atoms with E-state index in [0.717, 1.165) is 0 Å². The fraction of sp³-hybridized carbons (Fsp3) is 0.222. The van der Waals surface area contributed by atoms with E-state index in [1.165, 1.54) is 0 Å². The third kappa shape index (κ3) is 4.90. The Morgan fingerprint density at radius 2 is 2.08 bits per heavy atom. The molecule has 0 nitrogen and oxygen atoms in total. The first-order chi connectivity index (χ1) is 5.08. The molecule has 3 heteroatoms. The summed E-state index contributed by atoms with van der Waals surface area (Å²) >= 11 is 0. The van der Waals surface area contributed by atoms with Crippen molar-refractivity contribution >= 4 is 0 Å². The van der Waals surface area contributed by atoms with Gasteiger partial charge in [0.25, 0.3) is 0 Å². The van der Waals surface area contributed by atoms with Crippen molar-refractivity contribution in [2.75, 3.05) is 0 Å². The second-order valence-electron chi connectivity index (χ2n) is 2.42. The van der Waals surface area contributed by atoms with Crippen LogP contribution in [0, 0.1) is 44.1 Å². The summed E-state index contributed by atoms with van der Waals surface area (Å²) < 4.78 is 24.6. The molecule has 0 aliphatic heterocycles. The van der Waals surface area contributed by atoms with Gasteiger partial charge in [0, 0.05) is 0 Å². The van der Waals surface area contributed by atoms with Crippen LogP contribution in [0.3, 0.4) is 0 Å². The van der Waals surface area contributed by atoms with E-state index in [4.69, 9.17) is 0 Å². The van der Waals surface area contributed by atoms with E-state index in [1.54, 1.807) is 24.3 Å². The average molecular weight is 392 g/mol. The molecule has 0 aromatic heterocycles. The van der Waals surface area contributed by atoms with Crippen LogP contribution < -0.4 is 0 Å². The van der Waals surface area contributed by atoms with Crippen molar-refractivity contribution in [3.8, 4) is 0 Å². The third-order valence-electron chi connectivity index (χ3n) is 1.22. The van der Waals surface area contributed by atoms with E-state index >= 15 is 0 Å². The molecule has 0 saturated heterocycles. The van der Waals surface area contributed by atoms with Crippen molar-refractivity contribution in [3.63, 3.8) is 0 Å². The number of hydrogen-bond donors (Lipinski definition) is 0. The molecule has 0 atom stereocenters. The van der Waals surface area contributed by atoms with Gasteiger partial charge in [-0.2, -0.15) is 35.9 Å². The molecule has 1 aromatic rings. The van der Waals surface area contributed by atoms with E-state index < -0.39 is 5.92 Å². The van der Waals surface area contributed by atoms with Gasteiger partial charge in [0.2, 0.25) is 0 Å². The van der Waals surface area contributed by atoms with Gasteiger partial charge in [-0.1, -0.05) is 0 Å². The zero-order valence-electron chi connectivity index (χ0n) is 6.48. The summed E-state index contributed by atoms with van der Waals surface area (Å²) in [6.07, 6.45) is -0.339. The summed E-state index contributed by atoms with van der Waals surface area (Å²) in [5.41, 5.74) is 0.493. The van der Waals surface area contributed by atoms with Gasteiger partial charge >= 0.3 is 31.1 Å². The van der Waals surface area contributed by atoms with Crippen LogP contribution in [0.15, 0.2) is 24.3 Å². The van der Waals surface area contributed by atoms with Gasteiger partial charge in [-0.25, -0.2) is 8.78 Å². The second-order valence-corrected chi connectivity index (χ2v) is 2.42. The first-order valence-corrected chi connectivity index (χ1v) is 3.27. The minimum atomic E-state index is -2.88. The van der Waals surface area contributed by atoms with Gasteiger partial charge < -0.3 is 0 Å². The maximum atomic E-state index is 12.3. The van der Waals surface area contributed by atoms with Crippen LogP contribution in [0.5, 0.6) is 0 Å². The summed E-state index contributed by atoms with van der Waals surface area (Å²) in [5, 5.41) is 0. The molecule has 0 saturated carbocycles. The molecule has 0 unspecified atom stereocenters. The maximum absolute atomic E-state index is 12.3. The van der Waals surface area contributed by atoms with Crippen LogP contribution in [0.4, 0.5) is 8.78 Å². The zero-order valence-corrected chi connectivity index (χ0v) is 10.6. The van der Waals surface area contributed by atoms with Gasteiger partial charge in [-0.15, -0.1) is 0 Å². The molecule has 0 aliphatic carbocycles. The molecule has 62 valence electrons. The quantitative estimate of drug-likeness (QED) is 0.679. The molecule has 0 radical (unpaired) electrons. The van der Waals surface area contributed by atoms with Gasteiger partial charge in [0.1, 0.15) is 5.92 Å². The predicted molar refractivity (Wildman–Crippen MR) is 39.3 cm³/mol. The van der Waals surface area contributed by atoms with E-state index in [9.17, 15) is 8.78 Å². The second kappa shape index (κ2) is 4.99. The molecule has 0 bridgehead atoms. The summed E-state index contributed by atoms with van der Waals surface area (Å²) in [4.78, 5) is 0. The molecular formula is C9H8F2U. The van der Waals surface area contributed by atoms with E-state index in [2.05, 4.69) is 13.0 Å². The van der Waals surface area contributed by atoms with Crippen molar-refractivity contribution < 1.29 is 39.9 Å². The normalized spacial score (nSPS) is 10.6. The molecule has 0 aliphatic rings. The summed E-state index contributed by atoms with van der Waals surface area (Å²) in [7, 11) is 0. The number of benzene rings is 1. The van der Waals surface area contributed by atoms with Crippen LogP contribution >= 0.6 is 0 Å². The molecule has 0 heterocycles. The number of alkyl halides is 2. The van der Waals surface area contributed by atoms with Gasteiger partial charge in [-0.05, 0) is 6.42 Å². The minimum absolute atomic E-state index is 0. The Labute approximate surface area is 94.7 Å². The minimum Gasteiger partial charge on any atom is -0.274 e. The fourth-order valence-corrected chi connectivity index (χ4v) is 0.819. The van der Waals surface area contributed by atoms with Gasteiger partial charge in [0.15, 0.2) is 0 Å². The smallest absolute Gasteiger partial charge is 0.274 e. The Hall–Kier alpha value is 0.132. The topological polar surface area (TPSA) is 0 Å².